The maximum Gasteiger partial charge on any atom is 0.303 e. The third-order valence-electron chi connectivity index (χ3n) is 4.16. The van der Waals surface area contributed by atoms with Crippen LogP contribution < -0.4 is 0 Å². The Labute approximate surface area is 90.4 Å². The van der Waals surface area contributed by atoms with Crippen molar-refractivity contribution in [1.82, 2.24) is 0 Å². The molecule has 2 aliphatic rings. The van der Waals surface area contributed by atoms with Gasteiger partial charge in [-0.25, -0.2) is 0 Å². The standard InChI is InChI=1S/C12H17NO2/c1-3-12(15-8(2)14)6-9-4-11(12)5-10(9)7-13/h9-11H,3-6H2,1-2H3. The van der Waals surface area contributed by atoms with E-state index in [4.69, 9.17) is 10.00 Å². The maximum absolute atomic E-state index is 11.1. The van der Waals surface area contributed by atoms with Gasteiger partial charge in [0.15, 0.2) is 0 Å². The molecule has 0 N–H and O–H groups in total. The molecule has 2 bridgehead atoms. The van der Waals surface area contributed by atoms with Crippen LogP contribution in [0.4, 0.5) is 0 Å². The summed E-state index contributed by atoms with van der Waals surface area (Å²) in [4.78, 5) is 11.1. The lowest BCUT2D eigenvalue weighted by atomic mass is 9.77. The van der Waals surface area contributed by atoms with Crippen molar-refractivity contribution in [2.24, 2.45) is 17.8 Å². The Hall–Kier alpha value is -1.04. The van der Waals surface area contributed by atoms with Crippen molar-refractivity contribution in [2.45, 2.75) is 45.1 Å². The molecule has 0 aromatic carbocycles. The first-order valence-electron chi connectivity index (χ1n) is 5.70. The quantitative estimate of drug-likeness (QED) is 0.653. The Bertz CT molecular complexity index is 320. The zero-order chi connectivity index (χ0) is 11.1. The molecule has 0 amide bonds. The Morgan fingerprint density at radius 3 is 2.73 bits per heavy atom. The molecule has 0 aromatic rings. The number of carbonyl (C=O) groups excluding carboxylic acids is 1. The number of hydrogen-bond donors (Lipinski definition) is 0. The third-order valence-corrected chi connectivity index (χ3v) is 4.16. The normalized spacial score (nSPS) is 42.6. The van der Waals surface area contributed by atoms with E-state index in [-0.39, 0.29) is 17.5 Å². The summed E-state index contributed by atoms with van der Waals surface area (Å²) >= 11 is 0. The summed E-state index contributed by atoms with van der Waals surface area (Å²) in [5, 5.41) is 8.96. The van der Waals surface area contributed by atoms with E-state index in [0.29, 0.717) is 11.8 Å². The van der Waals surface area contributed by atoms with E-state index >= 15 is 0 Å². The number of ether oxygens (including phenoxy) is 1. The molecule has 4 unspecified atom stereocenters. The van der Waals surface area contributed by atoms with Crippen LogP contribution in [-0.2, 0) is 9.53 Å². The maximum atomic E-state index is 11.1. The fraction of sp³-hybridized carbons (Fsp3) is 0.833. The lowest BCUT2D eigenvalue weighted by molar-refractivity contribution is -0.164. The summed E-state index contributed by atoms with van der Waals surface area (Å²) in [6.45, 7) is 3.55. The van der Waals surface area contributed by atoms with E-state index in [0.717, 1.165) is 25.7 Å². The molecule has 2 saturated carbocycles. The predicted molar refractivity (Wildman–Crippen MR) is 54.7 cm³/mol. The number of carbonyl (C=O) groups is 1. The molecule has 3 heteroatoms. The van der Waals surface area contributed by atoms with E-state index < -0.39 is 0 Å². The summed E-state index contributed by atoms with van der Waals surface area (Å²) in [5.41, 5.74) is -0.246. The van der Waals surface area contributed by atoms with E-state index in [9.17, 15) is 4.79 Å². The minimum absolute atomic E-state index is 0.182. The van der Waals surface area contributed by atoms with Gasteiger partial charge in [-0.15, -0.1) is 0 Å². The largest absolute Gasteiger partial charge is 0.459 e. The first kappa shape index (κ1) is 10.5. The van der Waals surface area contributed by atoms with E-state index in [2.05, 4.69) is 13.0 Å². The van der Waals surface area contributed by atoms with Crippen LogP contribution in [0.5, 0.6) is 0 Å². The van der Waals surface area contributed by atoms with Crippen molar-refractivity contribution in [2.75, 3.05) is 0 Å². The van der Waals surface area contributed by atoms with Crippen molar-refractivity contribution < 1.29 is 9.53 Å². The number of fused-ring (bicyclic) bond motifs is 2. The Morgan fingerprint density at radius 2 is 2.33 bits per heavy atom. The molecule has 15 heavy (non-hydrogen) atoms. The molecule has 0 spiro atoms. The molecule has 0 aromatic heterocycles. The van der Waals surface area contributed by atoms with Crippen LogP contribution in [0.25, 0.3) is 0 Å². The predicted octanol–water partition coefficient (Wildman–Crippen LogP) is 2.27. The third kappa shape index (κ3) is 1.52. The Kier molecular flexibility index (Phi) is 2.46. The first-order valence-corrected chi connectivity index (χ1v) is 5.70. The lowest BCUT2D eigenvalue weighted by Crippen LogP contribution is -2.40. The van der Waals surface area contributed by atoms with Gasteiger partial charge in [0.1, 0.15) is 5.60 Å². The van der Waals surface area contributed by atoms with Crippen LogP contribution >= 0.6 is 0 Å². The minimum atomic E-state index is -0.246. The molecule has 2 fully saturated rings. The average Bonchev–Trinajstić information content (AvgIpc) is 2.73. The van der Waals surface area contributed by atoms with Gasteiger partial charge in [-0.3, -0.25) is 4.79 Å². The second-order valence-corrected chi connectivity index (χ2v) is 4.88. The van der Waals surface area contributed by atoms with Gasteiger partial charge < -0.3 is 4.74 Å². The molecular formula is C12H17NO2. The number of esters is 1. The monoisotopic (exact) mass is 207 g/mol. The highest BCUT2D eigenvalue weighted by molar-refractivity contribution is 5.66. The zero-order valence-electron chi connectivity index (χ0n) is 9.32. The van der Waals surface area contributed by atoms with E-state index in [1.165, 1.54) is 6.92 Å². The SMILES string of the molecule is CCC1(OC(C)=O)CC2CC1CC2C#N. The highest BCUT2D eigenvalue weighted by Gasteiger charge is 2.56. The van der Waals surface area contributed by atoms with Crippen molar-refractivity contribution >= 4 is 5.97 Å². The second-order valence-electron chi connectivity index (χ2n) is 4.88. The van der Waals surface area contributed by atoms with Crippen LogP contribution in [0.15, 0.2) is 0 Å². The average molecular weight is 207 g/mol. The summed E-state index contributed by atoms with van der Waals surface area (Å²) in [5.74, 6) is 0.892. The number of nitrogens with zero attached hydrogens (tertiary/aromatic N) is 1. The molecule has 2 aliphatic carbocycles. The van der Waals surface area contributed by atoms with E-state index in [1.807, 2.05) is 0 Å². The van der Waals surface area contributed by atoms with Gasteiger partial charge >= 0.3 is 5.97 Å². The molecular weight excluding hydrogens is 190 g/mol. The second kappa shape index (κ2) is 3.52. The highest BCUT2D eigenvalue weighted by Crippen LogP contribution is 2.56. The van der Waals surface area contributed by atoms with Gasteiger partial charge in [0.05, 0.1) is 6.07 Å². The van der Waals surface area contributed by atoms with Crippen LogP contribution in [-0.4, -0.2) is 11.6 Å². The molecule has 0 aliphatic heterocycles. The fourth-order valence-corrected chi connectivity index (χ4v) is 3.47. The van der Waals surface area contributed by atoms with Crippen molar-refractivity contribution in [3.8, 4) is 6.07 Å². The smallest absolute Gasteiger partial charge is 0.303 e. The van der Waals surface area contributed by atoms with Crippen molar-refractivity contribution in [3.05, 3.63) is 0 Å². The summed E-state index contributed by atoms with van der Waals surface area (Å²) in [7, 11) is 0. The van der Waals surface area contributed by atoms with Gasteiger partial charge in [-0.1, -0.05) is 6.92 Å². The van der Waals surface area contributed by atoms with Crippen LogP contribution in [0.2, 0.25) is 0 Å². The molecule has 2 rings (SSSR count). The topological polar surface area (TPSA) is 50.1 Å². The van der Waals surface area contributed by atoms with Gasteiger partial charge in [0.25, 0.3) is 0 Å². The first-order chi connectivity index (χ1) is 7.11. The highest BCUT2D eigenvalue weighted by atomic mass is 16.6. The number of rotatable bonds is 2. The van der Waals surface area contributed by atoms with Crippen molar-refractivity contribution in [3.63, 3.8) is 0 Å². The Morgan fingerprint density at radius 1 is 1.60 bits per heavy atom. The van der Waals surface area contributed by atoms with Crippen LogP contribution in [0, 0.1) is 29.1 Å². The lowest BCUT2D eigenvalue weighted by Gasteiger charge is -2.37. The molecule has 82 valence electrons. The number of nitriles is 1. The summed E-state index contributed by atoms with van der Waals surface area (Å²) in [6.07, 6.45) is 3.76. The van der Waals surface area contributed by atoms with Gasteiger partial charge in [0.2, 0.25) is 0 Å². The molecule has 3 nitrogen and oxygen atoms in total. The van der Waals surface area contributed by atoms with Gasteiger partial charge in [-0.05, 0) is 31.6 Å². The summed E-state index contributed by atoms with van der Waals surface area (Å²) in [6, 6.07) is 2.37. The summed E-state index contributed by atoms with van der Waals surface area (Å²) < 4.78 is 5.53. The molecule has 0 radical (unpaired) electrons. The van der Waals surface area contributed by atoms with Crippen LogP contribution in [0.3, 0.4) is 0 Å². The minimum Gasteiger partial charge on any atom is -0.459 e. The zero-order valence-corrected chi connectivity index (χ0v) is 9.32. The van der Waals surface area contributed by atoms with Gasteiger partial charge in [-0.2, -0.15) is 5.26 Å². The Balaban J connectivity index is 2.14. The van der Waals surface area contributed by atoms with Crippen molar-refractivity contribution in [1.29, 1.82) is 5.26 Å². The number of hydrogen-bond acceptors (Lipinski definition) is 3. The van der Waals surface area contributed by atoms with E-state index in [1.54, 1.807) is 0 Å². The molecule has 0 saturated heterocycles. The molecule has 0 heterocycles. The molecule has 4 atom stereocenters. The van der Waals surface area contributed by atoms with Crippen LogP contribution in [0.1, 0.15) is 39.5 Å². The van der Waals surface area contributed by atoms with Gasteiger partial charge in [0, 0.05) is 18.8 Å². The fourth-order valence-electron chi connectivity index (χ4n) is 3.47.